The molecule has 0 bridgehead atoms. The first kappa shape index (κ1) is 27.2. The normalized spacial score (nSPS) is 17.6. The van der Waals surface area contributed by atoms with Crippen LogP contribution in [0.25, 0.3) is 10.2 Å². The minimum absolute atomic E-state index is 0.181. The van der Waals surface area contributed by atoms with Crippen molar-refractivity contribution < 1.29 is 22.7 Å². The number of morpholine rings is 2. The Labute approximate surface area is 228 Å². The lowest BCUT2D eigenvalue weighted by atomic mass is 10.1. The van der Waals surface area contributed by atoms with Crippen LogP contribution in [-0.2, 0) is 19.5 Å². The van der Waals surface area contributed by atoms with E-state index in [1.165, 1.54) is 27.8 Å². The molecule has 3 heterocycles. The van der Waals surface area contributed by atoms with Gasteiger partial charge < -0.3 is 9.47 Å². The van der Waals surface area contributed by atoms with Gasteiger partial charge in [0, 0.05) is 44.8 Å². The lowest BCUT2D eigenvalue weighted by Gasteiger charge is -2.28. The number of ether oxygens (including phenoxy) is 2. The third-order valence-electron chi connectivity index (χ3n) is 7.22. The molecule has 0 radical (unpaired) electrons. The highest BCUT2D eigenvalue weighted by Crippen LogP contribution is 2.33. The van der Waals surface area contributed by atoms with Crippen LogP contribution >= 0.6 is 11.3 Å². The van der Waals surface area contributed by atoms with Gasteiger partial charge in [-0.2, -0.15) is 4.31 Å². The second-order valence-electron chi connectivity index (χ2n) is 9.66. The largest absolute Gasteiger partial charge is 0.379 e. The smallest absolute Gasteiger partial charge is 0.260 e. The number of benzene rings is 2. The Balaban J connectivity index is 1.39. The number of hydrogen-bond donors (Lipinski definition) is 0. The maximum absolute atomic E-state index is 13.8. The molecule has 38 heavy (non-hydrogen) atoms. The summed E-state index contributed by atoms with van der Waals surface area (Å²) in [4.78, 5) is 23.0. The summed E-state index contributed by atoms with van der Waals surface area (Å²) in [5.74, 6) is -0.185. The van der Waals surface area contributed by atoms with Crippen molar-refractivity contribution in [2.45, 2.75) is 25.2 Å². The van der Waals surface area contributed by atoms with Crippen LogP contribution in [0.15, 0.2) is 41.3 Å². The summed E-state index contributed by atoms with van der Waals surface area (Å²) in [5, 5.41) is 0.658. The van der Waals surface area contributed by atoms with Crippen LogP contribution < -0.4 is 4.90 Å². The molecule has 1 amide bonds. The first-order chi connectivity index (χ1) is 18.3. The second kappa shape index (κ2) is 11.8. The van der Waals surface area contributed by atoms with Gasteiger partial charge in [-0.15, -0.1) is 0 Å². The highest BCUT2D eigenvalue weighted by atomic mass is 32.2. The van der Waals surface area contributed by atoms with Gasteiger partial charge in [-0.25, -0.2) is 13.4 Å². The molecule has 2 saturated heterocycles. The summed E-state index contributed by atoms with van der Waals surface area (Å²) in [5.41, 5.74) is 3.63. The Morgan fingerprint density at radius 3 is 2.32 bits per heavy atom. The topological polar surface area (TPSA) is 92.3 Å². The van der Waals surface area contributed by atoms with E-state index in [1.807, 2.05) is 0 Å². The fourth-order valence-corrected chi connectivity index (χ4v) is 7.21. The SMILES string of the molecule is Cc1ccc2sc(N(CCCN3CCOCC3)C(=O)c3ccc(S(=O)(=O)N4CCOCC4)cc3)nc2c1C. The minimum atomic E-state index is -3.63. The number of fused-ring (bicyclic) bond motifs is 1. The fourth-order valence-electron chi connectivity index (χ4n) is 4.75. The molecular formula is C27H34N4O5S2. The summed E-state index contributed by atoms with van der Waals surface area (Å²) in [6.45, 7) is 10.2. The first-order valence-electron chi connectivity index (χ1n) is 13.0. The van der Waals surface area contributed by atoms with Crippen LogP contribution in [0.3, 0.4) is 0 Å². The Hall–Kier alpha value is -2.41. The van der Waals surface area contributed by atoms with Gasteiger partial charge in [0.15, 0.2) is 5.13 Å². The third-order valence-corrected chi connectivity index (χ3v) is 10.2. The highest BCUT2D eigenvalue weighted by molar-refractivity contribution is 7.89. The molecule has 5 rings (SSSR count). The number of amides is 1. The summed E-state index contributed by atoms with van der Waals surface area (Å²) in [7, 11) is -3.63. The van der Waals surface area contributed by atoms with Gasteiger partial charge >= 0.3 is 0 Å². The number of aromatic nitrogens is 1. The van der Waals surface area contributed by atoms with E-state index in [-0.39, 0.29) is 10.8 Å². The van der Waals surface area contributed by atoms with E-state index in [9.17, 15) is 13.2 Å². The molecule has 0 atom stereocenters. The number of hydrogen-bond acceptors (Lipinski definition) is 8. The maximum Gasteiger partial charge on any atom is 0.260 e. The van der Waals surface area contributed by atoms with E-state index in [1.54, 1.807) is 17.0 Å². The van der Waals surface area contributed by atoms with Crippen LogP contribution in [0.1, 0.15) is 27.9 Å². The lowest BCUT2D eigenvalue weighted by Crippen LogP contribution is -2.40. The van der Waals surface area contributed by atoms with Crippen molar-refractivity contribution in [2.75, 3.05) is 70.6 Å². The first-order valence-corrected chi connectivity index (χ1v) is 15.3. The van der Waals surface area contributed by atoms with Crippen molar-refractivity contribution in [1.29, 1.82) is 0 Å². The van der Waals surface area contributed by atoms with E-state index in [2.05, 4.69) is 30.9 Å². The zero-order valence-corrected chi connectivity index (χ0v) is 23.5. The van der Waals surface area contributed by atoms with Crippen LogP contribution in [-0.4, -0.2) is 94.2 Å². The zero-order valence-electron chi connectivity index (χ0n) is 21.9. The predicted octanol–water partition coefficient (Wildman–Crippen LogP) is 3.30. The average Bonchev–Trinajstić information content (AvgIpc) is 3.39. The number of sulfonamides is 1. The number of carbonyl (C=O) groups is 1. The monoisotopic (exact) mass is 558 g/mol. The highest BCUT2D eigenvalue weighted by Gasteiger charge is 2.27. The van der Waals surface area contributed by atoms with Gasteiger partial charge in [0.05, 0.1) is 41.5 Å². The molecule has 1 aromatic heterocycles. The molecule has 2 aliphatic rings. The minimum Gasteiger partial charge on any atom is -0.379 e. The standard InChI is InChI=1S/C27H34N4O5S2/c1-20-4-9-24-25(21(20)2)28-27(37-24)31(11-3-10-29-12-16-35-17-13-29)26(32)22-5-7-23(8-6-22)38(33,34)30-14-18-36-19-15-30/h4-9H,3,10-19H2,1-2H3. The summed E-state index contributed by atoms with van der Waals surface area (Å²) in [6, 6.07) is 10.4. The van der Waals surface area contributed by atoms with Crippen LogP contribution in [0.5, 0.6) is 0 Å². The number of carbonyl (C=O) groups excluding carboxylic acids is 1. The van der Waals surface area contributed by atoms with Gasteiger partial charge in [-0.05, 0) is 61.7 Å². The van der Waals surface area contributed by atoms with E-state index in [4.69, 9.17) is 14.5 Å². The predicted molar refractivity (Wildman–Crippen MR) is 149 cm³/mol. The molecule has 0 unspecified atom stereocenters. The fraction of sp³-hybridized carbons (Fsp3) is 0.481. The molecule has 0 N–H and O–H groups in total. The second-order valence-corrected chi connectivity index (χ2v) is 12.6. The van der Waals surface area contributed by atoms with Crippen LogP contribution in [0, 0.1) is 13.8 Å². The Morgan fingerprint density at radius 1 is 0.974 bits per heavy atom. The Kier molecular flexibility index (Phi) is 8.41. The third kappa shape index (κ3) is 5.78. The molecule has 2 aliphatic heterocycles. The molecule has 0 saturated carbocycles. The molecule has 0 spiro atoms. The molecule has 9 nitrogen and oxygen atoms in total. The molecule has 3 aromatic rings. The number of nitrogens with zero attached hydrogens (tertiary/aromatic N) is 4. The van der Waals surface area contributed by atoms with Gasteiger partial charge in [-0.3, -0.25) is 14.6 Å². The maximum atomic E-state index is 13.8. The summed E-state index contributed by atoms with van der Waals surface area (Å²) in [6.07, 6.45) is 0.795. The van der Waals surface area contributed by atoms with Crippen molar-refractivity contribution in [1.82, 2.24) is 14.2 Å². The van der Waals surface area contributed by atoms with Crippen LogP contribution in [0.2, 0.25) is 0 Å². The van der Waals surface area contributed by atoms with Crippen molar-refractivity contribution in [3.8, 4) is 0 Å². The van der Waals surface area contributed by atoms with Crippen LogP contribution in [0.4, 0.5) is 5.13 Å². The summed E-state index contributed by atoms with van der Waals surface area (Å²) < 4.78 is 39.3. The van der Waals surface area contributed by atoms with Crippen molar-refractivity contribution in [3.05, 3.63) is 53.1 Å². The zero-order chi connectivity index (χ0) is 26.7. The number of anilines is 1. The van der Waals surface area contributed by atoms with Gasteiger partial charge in [-0.1, -0.05) is 17.4 Å². The number of rotatable bonds is 8. The van der Waals surface area contributed by atoms with Crippen molar-refractivity contribution >= 4 is 42.6 Å². The lowest BCUT2D eigenvalue weighted by molar-refractivity contribution is 0.0376. The van der Waals surface area contributed by atoms with Gasteiger partial charge in [0.1, 0.15) is 0 Å². The summed E-state index contributed by atoms with van der Waals surface area (Å²) >= 11 is 1.51. The van der Waals surface area contributed by atoms with Crippen molar-refractivity contribution in [2.24, 2.45) is 0 Å². The molecule has 2 fully saturated rings. The molecule has 0 aliphatic carbocycles. The van der Waals surface area contributed by atoms with E-state index in [0.717, 1.165) is 60.6 Å². The number of thiazole rings is 1. The quantitative estimate of drug-likeness (QED) is 0.419. The van der Waals surface area contributed by atoms with E-state index in [0.29, 0.717) is 43.5 Å². The van der Waals surface area contributed by atoms with E-state index >= 15 is 0 Å². The van der Waals surface area contributed by atoms with Gasteiger partial charge in [0.2, 0.25) is 10.0 Å². The Morgan fingerprint density at radius 2 is 1.63 bits per heavy atom. The van der Waals surface area contributed by atoms with Crippen molar-refractivity contribution in [3.63, 3.8) is 0 Å². The molecule has 204 valence electrons. The molecular weight excluding hydrogens is 524 g/mol. The number of aryl methyl sites for hydroxylation is 2. The Bertz CT molecular complexity index is 1380. The molecule has 2 aromatic carbocycles. The van der Waals surface area contributed by atoms with E-state index < -0.39 is 10.0 Å². The molecule has 11 heteroatoms. The van der Waals surface area contributed by atoms with Gasteiger partial charge in [0.25, 0.3) is 5.91 Å². The average molecular weight is 559 g/mol.